The predicted octanol–water partition coefficient (Wildman–Crippen LogP) is 3.23. The Labute approximate surface area is 332 Å². The zero-order valence-corrected chi connectivity index (χ0v) is 34.9. The number of hydrogen-bond acceptors (Lipinski definition) is 9. The number of esters is 1. The van der Waals surface area contributed by atoms with Gasteiger partial charge in [0.2, 0.25) is 23.6 Å². The first kappa shape index (κ1) is 42.1. The number of benzene rings is 1. The topological polar surface area (TPSA) is 156 Å². The van der Waals surface area contributed by atoms with Crippen LogP contribution >= 0.6 is 0 Å². The summed E-state index contributed by atoms with van der Waals surface area (Å²) in [5, 5.41) is 9.70. The van der Waals surface area contributed by atoms with Crippen LogP contribution in [0.2, 0.25) is 0 Å². The van der Waals surface area contributed by atoms with E-state index in [-0.39, 0.29) is 71.3 Å². The van der Waals surface area contributed by atoms with Crippen LogP contribution in [0.4, 0.5) is 0 Å². The number of methoxy groups -OCH3 is 3. The summed E-state index contributed by atoms with van der Waals surface area (Å²) in [7, 11) is 6.16. The molecule has 1 unspecified atom stereocenters. The number of nitrogens with one attached hydrogen (secondary N) is 3. The molecule has 13 nitrogen and oxygen atoms in total. The summed E-state index contributed by atoms with van der Waals surface area (Å²) in [5.74, 6) is -2.20. The lowest BCUT2D eigenvalue weighted by atomic mass is 9.50. The molecule has 3 saturated carbocycles. The smallest absolute Gasteiger partial charge is 0.328 e. The van der Waals surface area contributed by atoms with Crippen LogP contribution < -0.4 is 16.0 Å². The van der Waals surface area contributed by atoms with Gasteiger partial charge in [0.15, 0.2) is 0 Å². The Morgan fingerprint density at radius 1 is 0.982 bits per heavy atom. The molecule has 0 aromatic heterocycles. The van der Waals surface area contributed by atoms with E-state index in [1.54, 1.807) is 30.9 Å². The first-order chi connectivity index (χ1) is 26.6. The lowest BCUT2D eigenvalue weighted by molar-refractivity contribution is -0.148. The summed E-state index contributed by atoms with van der Waals surface area (Å²) in [5.41, 5.74) is 1.40. The van der Waals surface area contributed by atoms with Crippen LogP contribution in [0.25, 0.3) is 0 Å². The molecular weight excluding hydrogens is 714 g/mol. The Morgan fingerprint density at radius 2 is 1.70 bits per heavy atom. The predicted molar refractivity (Wildman–Crippen MR) is 210 cm³/mol. The Morgan fingerprint density at radius 3 is 2.21 bits per heavy atom. The van der Waals surface area contributed by atoms with Gasteiger partial charge in [0.1, 0.15) is 12.1 Å². The average molecular weight is 780 g/mol. The van der Waals surface area contributed by atoms with E-state index in [1.165, 1.54) is 20.6 Å². The van der Waals surface area contributed by atoms with Gasteiger partial charge in [0.05, 0.1) is 49.8 Å². The number of nitrogens with zero attached hydrogens (tertiary/aromatic N) is 2. The lowest BCUT2D eigenvalue weighted by Crippen LogP contribution is -2.61. The molecule has 13 heteroatoms. The third-order valence-corrected chi connectivity index (χ3v) is 14.8. The maximum absolute atomic E-state index is 14.4. The summed E-state index contributed by atoms with van der Waals surface area (Å²) < 4.78 is 17.0. The van der Waals surface area contributed by atoms with Gasteiger partial charge in [-0.1, -0.05) is 71.4 Å². The minimum absolute atomic E-state index is 0.0164. The van der Waals surface area contributed by atoms with E-state index in [0.717, 1.165) is 37.7 Å². The first-order valence-corrected chi connectivity index (χ1v) is 20.8. The van der Waals surface area contributed by atoms with Crippen molar-refractivity contribution in [3.05, 3.63) is 35.9 Å². The van der Waals surface area contributed by atoms with E-state index < -0.39 is 42.2 Å². The van der Waals surface area contributed by atoms with Gasteiger partial charge in [-0.05, 0) is 61.3 Å². The highest BCUT2D eigenvalue weighted by atomic mass is 16.5. The highest BCUT2D eigenvalue weighted by Gasteiger charge is 2.96. The zero-order valence-electron chi connectivity index (χ0n) is 34.9. The molecular formula is C43H65N5O8. The number of hydrogen-bond donors (Lipinski definition) is 3. The van der Waals surface area contributed by atoms with Gasteiger partial charge >= 0.3 is 5.97 Å². The van der Waals surface area contributed by atoms with Crippen molar-refractivity contribution in [1.29, 1.82) is 0 Å². The second-order valence-electron chi connectivity index (χ2n) is 17.8. The number of rotatable bonds is 19. The van der Waals surface area contributed by atoms with Gasteiger partial charge in [0, 0.05) is 45.2 Å². The van der Waals surface area contributed by atoms with Gasteiger partial charge in [-0.25, -0.2) is 4.79 Å². The molecule has 7 rings (SSSR count). The Bertz CT molecular complexity index is 1640. The van der Waals surface area contributed by atoms with E-state index in [2.05, 4.69) is 29.8 Å². The van der Waals surface area contributed by atoms with Crippen LogP contribution in [-0.2, 0) is 44.6 Å². The first-order valence-electron chi connectivity index (χ1n) is 20.8. The molecule has 3 heterocycles. The largest absolute Gasteiger partial charge is 0.467 e. The molecule has 12 atom stereocenters. The number of likely N-dealkylation sites (tertiary alicyclic amines) is 1. The highest BCUT2D eigenvalue weighted by molar-refractivity contribution is 5.92. The monoisotopic (exact) mass is 779 g/mol. The minimum Gasteiger partial charge on any atom is -0.467 e. The van der Waals surface area contributed by atoms with Crippen molar-refractivity contribution in [2.45, 2.75) is 140 Å². The molecule has 310 valence electrons. The van der Waals surface area contributed by atoms with Crippen LogP contribution in [0.5, 0.6) is 0 Å². The fraction of sp³-hybridized carbons (Fsp3) is 0.744. The Balaban J connectivity index is 1.11. The third-order valence-electron chi connectivity index (χ3n) is 14.8. The molecule has 1 aromatic carbocycles. The molecule has 2 bridgehead atoms. The molecule has 6 aliphatic rings. The number of ether oxygens (including phenoxy) is 3. The van der Waals surface area contributed by atoms with Crippen molar-refractivity contribution in [2.75, 3.05) is 34.9 Å². The fourth-order valence-electron chi connectivity index (χ4n) is 11.4. The summed E-state index contributed by atoms with van der Waals surface area (Å²) in [6, 6.07) is 6.73. The summed E-state index contributed by atoms with van der Waals surface area (Å²) in [6.07, 6.45) is 5.67. The van der Waals surface area contributed by atoms with Crippen molar-refractivity contribution in [1.82, 2.24) is 25.8 Å². The van der Waals surface area contributed by atoms with E-state index in [4.69, 9.17) is 14.2 Å². The number of likely N-dealkylation sites (N-methyl/N-ethyl adjacent to an activating group) is 1. The standard InChI is InChI=1S/C43H65N5O8/c1-10-26(4)34(47(6)39(52)33(25(2)3)45-38(51)36-41-23-42(41)18-19-43(42,24-41)46-36)31(54-7)22-32(49)48-20-14-17-30(48)35(55-8)27(5)37(50)44-29(40(53)56-9)21-28-15-12-11-13-16-28/h11-13,15-16,25-27,29-31,33-36,46H,10,14,17-24H2,1-9H3,(H,44,50)(H,45,51)/t26-,27+,29-,30-,31+,33-,34-,35+,36+,41+,42?,43-/m0/s1. The second kappa shape index (κ2) is 16.4. The van der Waals surface area contributed by atoms with Crippen LogP contribution in [-0.4, -0.2) is 122 Å². The molecule has 3 N–H and O–H groups in total. The molecule has 3 saturated heterocycles. The van der Waals surface area contributed by atoms with Crippen molar-refractivity contribution < 1.29 is 38.2 Å². The van der Waals surface area contributed by atoms with E-state index in [1.807, 2.05) is 44.2 Å². The molecule has 1 aromatic rings. The van der Waals surface area contributed by atoms with Crippen LogP contribution in [0, 0.1) is 28.6 Å². The van der Waals surface area contributed by atoms with E-state index in [0.29, 0.717) is 18.4 Å². The number of carbonyl (C=O) groups excluding carboxylic acids is 5. The maximum atomic E-state index is 14.4. The van der Waals surface area contributed by atoms with Crippen molar-refractivity contribution >= 4 is 29.6 Å². The van der Waals surface area contributed by atoms with Crippen molar-refractivity contribution in [3.63, 3.8) is 0 Å². The molecule has 3 aliphatic heterocycles. The number of fused-ring (bicyclic) bond motifs is 1. The van der Waals surface area contributed by atoms with Crippen molar-refractivity contribution in [3.8, 4) is 0 Å². The molecule has 3 spiro atoms. The SMILES string of the molecule is CC[C@H](C)[C@@H]([C@@H](CC(=O)N1CCC[C@H]1[C@H](OC)[C@@H](C)C(=O)N[C@@H](Cc1ccccc1)C(=O)OC)OC)N(C)C(=O)[C@@H](NC(=O)[C@H]1N[C@]23CCC24C[C@@]14C3)C(C)C. The number of amides is 4. The van der Waals surface area contributed by atoms with E-state index in [9.17, 15) is 24.0 Å². The summed E-state index contributed by atoms with van der Waals surface area (Å²) >= 11 is 0. The van der Waals surface area contributed by atoms with Gasteiger partial charge in [-0.2, -0.15) is 0 Å². The minimum atomic E-state index is -0.885. The van der Waals surface area contributed by atoms with E-state index >= 15 is 0 Å². The molecule has 6 fully saturated rings. The van der Waals surface area contributed by atoms with Gasteiger partial charge in [0.25, 0.3) is 0 Å². The summed E-state index contributed by atoms with van der Waals surface area (Å²) in [4.78, 5) is 72.3. The quantitative estimate of drug-likeness (QED) is 0.180. The Kier molecular flexibility index (Phi) is 12.3. The summed E-state index contributed by atoms with van der Waals surface area (Å²) in [6.45, 7) is 10.3. The molecule has 4 amide bonds. The van der Waals surface area contributed by atoms with Gasteiger partial charge in [-0.15, -0.1) is 0 Å². The zero-order chi connectivity index (χ0) is 40.7. The highest BCUT2D eigenvalue weighted by Crippen LogP contribution is 2.94. The molecule has 56 heavy (non-hydrogen) atoms. The van der Waals surface area contributed by atoms with Crippen LogP contribution in [0.3, 0.4) is 0 Å². The lowest BCUT2D eigenvalue weighted by Gasteiger charge is -2.56. The molecule has 0 radical (unpaired) electrons. The maximum Gasteiger partial charge on any atom is 0.328 e. The van der Waals surface area contributed by atoms with Crippen LogP contribution in [0.15, 0.2) is 30.3 Å². The second-order valence-corrected chi connectivity index (χ2v) is 17.8. The molecule has 3 aliphatic carbocycles. The average Bonchev–Trinajstić information content (AvgIpc) is 3.40. The normalized spacial score (nSPS) is 30.6. The van der Waals surface area contributed by atoms with Crippen molar-refractivity contribution in [2.24, 2.45) is 28.6 Å². The number of carbonyl (C=O) groups is 5. The third kappa shape index (κ3) is 7.03. The Hall–Kier alpha value is -3.55. The number of piperidine rings is 1. The van der Waals surface area contributed by atoms with Crippen LogP contribution in [0.1, 0.15) is 91.5 Å². The fourth-order valence-corrected chi connectivity index (χ4v) is 11.4. The van der Waals surface area contributed by atoms with Gasteiger partial charge in [-0.3, -0.25) is 24.5 Å². The van der Waals surface area contributed by atoms with Gasteiger partial charge < -0.3 is 34.6 Å².